The molecule has 1 aromatic carbocycles. The lowest BCUT2D eigenvalue weighted by Gasteiger charge is -2.19. The van der Waals surface area contributed by atoms with E-state index in [9.17, 15) is 8.78 Å². The Labute approximate surface area is 103 Å². The zero-order valence-corrected chi connectivity index (χ0v) is 10.8. The molecule has 2 aromatic rings. The number of hydrogen-bond acceptors (Lipinski definition) is 1. The first kappa shape index (κ1) is 12.2. The van der Waals surface area contributed by atoms with E-state index >= 15 is 0 Å². The molecule has 0 aliphatic heterocycles. The van der Waals surface area contributed by atoms with Crippen molar-refractivity contribution in [3.8, 4) is 0 Å². The van der Waals surface area contributed by atoms with Crippen LogP contribution in [0.25, 0.3) is 11.0 Å². The lowest BCUT2D eigenvalue weighted by atomic mass is 9.97. The van der Waals surface area contributed by atoms with Gasteiger partial charge in [0, 0.05) is 6.54 Å². The molecular weight excluding hydrogens is 242 g/mol. The van der Waals surface area contributed by atoms with E-state index in [1.165, 1.54) is 6.07 Å². The van der Waals surface area contributed by atoms with E-state index in [0.717, 1.165) is 6.07 Å². The molecule has 1 N–H and O–H groups in total. The molecule has 0 bridgehead atoms. The summed E-state index contributed by atoms with van der Waals surface area (Å²) in [5, 5.41) is 0. The highest BCUT2D eigenvalue weighted by Gasteiger charge is 2.18. The highest BCUT2D eigenvalue weighted by Crippen LogP contribution is 2.24. The number of hydrogen-bond donors (Lipinski definition) is 1. The van der Waals surface area contributed by atoms with Crippen LogP contribution in [0, 0.1) is 21.8 Å². The number of rotatable bonds is 1. The van der Waals surface area contributed by atoms with Crippen LogP contribution in [-0.4, -0.2) is 9.55 Å². The smallest absolute Gasteiger partial charge is 0.184 e. The Balaban J connectivity index is 2.74. The van der Waals surface area contributed by atoms with Crippen LogP contribution in [0.1, 0.15) is 20.8 Å². The molecule has 1 aromatic heterocycles. The Morgan fingerprint density at radius 1 is 1.29 bits per heavy atom. The third-order valence-electron chi connectivity index (χ3n) is 2.46. The summed E-state index contributed by atoms with van der Waals surface area (Å²) in [6, 6.07) is 2.60. The third-order valence-corrected chi connectivity index (χ3v) is 2.78. The van der Waals surface area contributed by atoms with Crippen LogP contribution in [0.15, 0.2) is 12.1 Å². The summed E-state index contributed by atoms with van der Waals surface area (Å²) in [5.41, 5.74) is 0.676. The molecule has 2 nitrogen and oxygen atoms in total. The normalized spacial score (nSPS) is 12.3. The van der Waals surface area contributed by atoms with Crippen molar-refractivity contribution in [3.63, 3.8) is 0 Å². The fourth-order valence-electron chi connectivity index (χ4n) is 1.81. The summed E-state index contributed by atoms with van der Waals surface area (Å²) >= 11 is 5.14. The van der Waals surface area contributed by atoms with Crippen LogP contribution in [0.5, 0.6) is 0 Å². The highest BCUT2D eigenvalue weighted by atomic mass is 32.1. The molecule has 1 heterocycles. The van der Waals surface area contributed by atoms with E-state index in [1.807, 2.05) is 20.8 Å². The summed E-state index contributed by atoms with van der Waals surface area (Å²) in [7, 11) is 0. The van der Waals surface area contributed by atoms with Crippen LogP contribution < -0.4 is 0 Å². The van der Waals surface area contributed by atoms with Crippen molar-refractivity contribution in [3.05, 3.63) is 28.5 Å². The Hall–Kier alpha value is -1.23. The Kier molecular flexibility index (Phi) is 2.81. The van der Waals surface area contributed by atoms with Gasteiger partial charge in [-0.15, -0.1) is 0 Å². The van der Waals surface area contributed by atoms with Gasteiger partial charge in [-0.1, -0.05) is 20.8 Å². The molecule has 5 heteroatoms. The quantitative estimate of drug-likeness (QED) is 0.764. The third kappa shape index (κ3) is 2.24. The van der Waals surface area contributed by atoms with Gasteiger partial charge < -0.3 is 9.55 Å². The molecule has 0 atom stereocenters. The van der Waals surface area contributed by atoms with Crippen molar-refractivity contribution in [1.29, 1.82) is 0 Å². The van der Waals surface area contributed by atoms with Crippen molar-refractivity contribution in [2.24, 2.45) is 5.41 Å². The Morgan fingerprint density at radius 2 is 1.94 bits per heavy atom. The van der Waals surface area contributed by atoms with Crippen molar-refractivity contribution in [2.75, 3.05) is 0 Å². The number of fused-ring (bicyclic) bond motifs is 1. The second-order valence-electron chi connectivity index (χ2n) is 5.33. The first-order valence-electron chi connectivity index (χ1n) is 5.36. The molecule has 17 heavy (non-hydrogen) atoms. The van der Waals surface area contributed by atoms with Crippen molar-refractivity contribution in [2.45, 2.75) is 27.3 Å². The SMILES string of the molecule is CC(C)(C)Cn1c(=S)[nH]c2ccc(F)c(F)c21. The summed E-state index contributed by atoms with van der Waals surface area (Å²) in [6.07, 6.45) is 0. The summed E-state index contributed by atoms with van der Waals surface area (Å²) in [6.45, 7) is 6.59. The Morgan fingerprint density at radius 3 is 2.53 bits per heavy atom. The molecule has 0 amide bonds. The molecule has 0 aliphatic carbocycles. The van der Waals surface area contributed by atoms with E-state index in [4.69, 9.17) is 12.2 Å². The lowest BCUT2D eigenvalue weighted by Crippen LogP contribution is -2.16. The number of halogens is 2. The fraction of sp³-hybridized carbons (Fsp3) is 0.417. The average molecular weight is 256 g/mol. The second-order valence-corrected chi connectivity index (χ2v) is 5.72. The predicted octanol–water partition coefficient (Wildman–Crippen LogP) is 4.02. The predicted molar refractivity (Wildman–Crippen MR) is 66.5 cm³/mol. The van der Waals surface area contributed by atoms with Crippen LogP contribution in [0.4, 0.5) is 8.78 Å². The van der Waals surface area contributed by atoms with Crippen LogP contribution in [0.3, 0.4) is 0 Å². The van der Waals surface area contributed by atoms with Gasteiger partial charge in [0.2, 0.25) is 0 Å². The van der Waals surface area contributed by atoms with Gasteiger partial charge in [-0.05, 0) is 29.8 Å². The maximum absolute atomic E-state index is 13.8. The first-order chi connectivity index (χ1) is 7.79. The van der Waals surface area contributed by atoms with Gasteiger partial charge in [-0.2, -0.15) is 0 Å². The van der Waals surface area contributed by atoms with Crippen LogP contribution in [-0.2, 0) is 6.54 Å². The molecule has 0 fully saturated rings. The average Bonchev–Trinajstić information content (AvgIpc) is 2.48. The molecule has 0 saturated carbocycles. The molecule has 0 aliphatic rings. The van der Waals surface area contributed by atoms with Crippen molar-refractivity contribution < 1.29 is 8.78 Å². The molecule has 0 spiro atoms. The maximum Gasteiger partial charge on any atom is 0.184 e. The van der Waals surface area contributed by atoms with Gasteiger partial charge in [0.1, 0.15) is 5.52 Å². The summed E-state index contributed by atoms with van der Waals surface area (Å²) in [5.74, 6) is -1.70. The van der Waals surface area contributed by atoms with E-state index in [0.29, 0.717) is 16.8 Å². The van der Waals surface area contributed by atoms with Gasteiger partial charge in [-0.25, -0.2) is 8.78 Å². The van der Waals surface area contributed by atoms with Gasteiger partial charge in [0.05, 0.1) is 5.52 Å². The van der Waals surface area contributed by atoms with Crippen LogP contribution >= 0.6 is 12.2 Å². The topological polar surface area (TPSA) is 20.7 Å². The highest BCUT2D eigenvalue weighted by molar-refractivity contribution is 7.71. The number of nitrogens with zero attached hydrogens (tertiary/aromatic N) is 1. The lowest BCUT2D eigenvalue weighted by molar-refractivity contribution is 0.344. The molecule has 0 radical (unpaired) electrons. The van der Waals surface area contributed by atoms with Gasteiger partial charge in [0.15, 0.2) is 16.4 Å². The molecule has 92 valence electrons. The minimum absolute atomic E-state index is 0.0634. The second kappa shape index (κ2) is 3.91. The number of imidazole rings is 1. The van der Waals surface area contributed by atoms with Gasteiger partial charge in [0.25, 0.3) is 0 Å². The van der Waals surface area contributed by atoms with E-state index in [-0.39, 0.29) is 10.9 Å². The molecular formula is C12H14F2N2S. The largest absolute Gasteiger partial charge is 0.330 e. The first-order valence-corrected chi connectivity index (χ1v) is 5.77. The van der Waals surface area contributed by atoms with E-state index in [2.05, 4.69) is 4.98 Å². The number of aromatic amines is 1. The van der Waals surface area contributed by atoms with Crippen LogP contribution in [0.2, 0.25) is 0 Å². The fourth-order valence-corrected chi connectivity index (χ4v) is 2.08. The number of H-pyrrole nitrogens is 1. The van der Waals surface area contributed by atoms with E-state index < -0.39 is 11.6 Å². The summed E-state index contributed by atoms with van der Waals surface area (Å²) in [4.78, 5) is 2.89. The standard InChI is InChI=1S/C12H14F2N2S/c1-12(2,3)6-16-10-8(15-11(16)17)5-4-7(13)9(10)14/h4-5H,6H2,1-3H3,(H,15,17). The maximum atomic E-state index is 13.8. The minimum Gasteiger partial charge on any atom is -0.330 e. The molecule has 0 unspecified atom stereocenters. The Bertz CT molecular complexity index is 620. The number of benzene rings is 1. The monoisotopic (exact) mass is 256 g/mol. The minimum atomic E-state index is -0.853. The van der Waals surface area contributed by atoms with Crippen molar-refractivity contribution >= 4 is 23.3 Å². The molecule has 0 saturated heterocycles. The zero-order chi connectivity index (χ0) is 12.8. The molecule has 2 rings (SSSR count). The zero-order valence-electron chi connectivity index (χ0n) is 9.97. The number of aromatic nitrogens is 2. The van der Waals surface area contributed by atoms with Gasteiger partial charge in [-0.3, -0.25) is 0 Å². The summed E-state index contributed by atoms with van der Waals surface area (Å²) < 4.78 is 29.0. The number of nitrogens with one attached hydrogen (secondary N) is 1. The van der Waals surface area contributed by atoms with E-state index in [1.54, 1.807) is 4.57 Å². The van der Waals surface area contributed by atoms with Gasteiger partial charge >= 0.3 is 0 Å². The van der Waals surface area contributed by atoms with Crippen molar-refractivity contribution in [1.82, 2.24) is 9.55 Å².